The Morgan fingerprint density at radius 2 is 1.31 bits per heavy atom. The third kappa shape index (κ3) is 5.72. The van der Waals surface area contributed by atoms with Crippen molar-refractivity contribution in [3.8, 4) is 0 Å². The summed E-state index contributed by atoms with van der Waals surface area (Å²) in [6, 6.07) is 0. The SMILES string of the molecule is CN(CCN(C)[Te](F)(F)(F)(F)F)[Si](C)(C)F. The molecule has 0 aromatic carbocycles. The van der Waals surface area contributed by atoms with Gasteiger partial charge in [0, 0.05) is 0 Å². The van der Waals surface area contributed by atoms with Crippen LogP contribution in [-0.2, 0) is 0 Å². The van der Waals surface area contributed by atoms with Crippen LogP contribution in [0.3, 0.4) is 0 Å². The third-order valence-corrected chi connectivity index (χ3v) is 8.17. The van der Waals surface area contributed by atoms with E-state index in [1.54, 1.807) is 0 Å². The Bertz CT molecular complexity index is 258. The standard InChI is InChI=1S/C6H16F6N2SiTe/c1-13(15(3,4)7)5-6-14(2)16(8,9,10,11)12/h5-6H2,1-4H3. The summed E-state index contributed by atoms with van der Waals surface area (Å²) in [6.07, 6.45) is 0. The van der Waals surface area contributed by atoms with E-state index >= 15 is 0 Å². The van der Waals surface area contributed by atoms with E-state index in [1.165, 1.54) is 20.1 Å². The quantitative estimate of drug-likeness (QED) is 0.408. The molecule has 102 valence electrons. The molecule has 0 saturated carbocycles. The Morgan fingerprint density at radius 1 is 0.938 bits per heavy atom. The Morgan fingerprint density at radius 3 is 1.56 bits per heavy atom. The molecule has 0 spiro atoms. The summed E-state index contributed by atoms with van der Waals surface area (Å²) in [5.41, 5.74) is 0. The number of nitrogens with zero attached hydrogens (tertiary/aromatic N) is 2. The third-order valence-electron chi connectivity index (χ3n) is 2.25. The number of hydrogen-bond donors (Lipinski definition) is 0. The van der Waals surface area contributed by atoms with E-state index in [0.29, 0.717) is 7.05 Å². The van der Waals surface area contributed by atoms with Crippen molar-refractivity contribution in [1.29, 1.82) is 0 Å². The normalized spacial score (nSPS) is 18.8. The average molecular weight is 386 g/mol. The van der Waals surface area contributed by atoms with Gasteiger partial charge in [-0.15, -0.1) is 0 Å². The zero-order valence-electron chi connectivity index (χ0n) is 9.48. The van der Waals surface area contributed by atoms with Crippen LogP contribution >= 0.6 is 0 Å². The van der Waals surface area contributed by atoms with Gasteiger partial charge in [0.25, 0.3) is 0 Å². The zero-order chi connectivity index (χ0) is 13.5. The first-order valence-corrected chi connectivity index (χ1v) is 12.7. The van der Waals surface area contributed by atoms with Crippen molar-refractivity contribution in [1.82, 2.24) is 7.72 Å². The fourth-order valence-electron chi connectivity index (χ4n) is 0.729. The first-order chi connectivity index (χ1) is 6.54. The molecular formula is C6H16F6N2SiTe. The van der Waals surface area contributed by atoms with Gasteiger partial charge >= 0.3 is 93.7 Å². The molecule has 0 aromatic heterocycles. The Kier molecular flexibility index (Phi) is 3.87. The molecule has 0 aliphatic carbocycles. The van der Waals surface area contributed by atoms with E-state index in [1.807, 2.05) is 0 Å². The van der Waals surface area contributed by atoms with Gasteiger partial charge in [0.2, 0.25) is 0 Å². The molecule has 0 fully saturated rings. The monoisotopic (exact) mass is 388 g/mol. The minimum atomic E-state index is -10.4. The number of halogens is 6. The molecule has 0 aliphatic heterocycles. The van der Waals surface area contributed by atoms with E-state index in [2.05, 4.69) is 0 Å². The molecule has 0 bridgehead atoms. The average Bonchev–Trinajstić information content (AvgIpc) is 1.92. The van der Waals surface area contributed by atoms with Crippen molar-refractivity contribution in [2.75, 3.05) is 27.2 Å². The number of hydrogen-bond acceptors (Lipinski definition) is 2. The molecule has 0 heterocycles. The molecule has 0 amide bonds. The van der Waals surface area contributed by atoms with E-state index in [-0.39, 0.29) is 6.54 Å². The molecule has 0 aromatic rings. The maximum atomic E-state index is 13.3. The first-order valence-electron chi connectivity index (χ1n) is 4.39. The van der Waals surface area contributed by atoms with Crippen molar-refractivity contribution in [3.63, 3.8) is 0 Å². The van der Waals surface area contributed by atoms with Gasteiger partial charge in [-0.1, -0.05) is 0 Å². The summed E-state index contributed by atoms with van der Waals surface area (Å²) in [5.74, 6) is 0. The predicted octanol–water partition coefficient (Wildman–Crippen LogP) is 2.71. The molecule has 2 nitrogen and oxygen atoms in total. The molecule has 0 unspecified atom stereocenters. The van der Waals surface area contributed by atoms with Crippen LogP contribution in [0.15, 0.2) is 0 Å². The van der Waals surface area contributed by atoms with Crippen LogP contribution < -0.4 is 0 Å². The van der Waals surface area contributed by atoms with Crippen LogP contribution in [0.2, 0.25) is 13.1 Å². The second kappa shape index (κ2) is 3.75. The Hall–Kier alpha value is 0.506. The first kappa shape index (κ1) is 16.5. The van der Waals surface area contributed by atoms with Gasteiger partial charge in [0.1, 0.15) is 0 Å². The van der Waals surface area contributed by atoms with E-state index in [4.69, 9.17) is 0 Å². The van der Waals surface area contributed by atoms with Gasteiger partial charge in [-0.25, -0.2) is 0 Å². The fraction of sp³-hybridized carbons (Fsp3) is 1.00. The van der Waals surface area contributed by atoms with Gasteiger partial charge in [0.15, 0.2) is 0 Å². The van der Waals surface area contributed by atoms with Crippen LogP contribution in [-0.4, -0.2) is 62.0 Å². The van der Waals surface area contributed by atoms with Crippen molar-refractivity contribution < 1.29 is 18.6 Å². The van der Waals surface area contributed by atoms with Crippen LogP contribution in [0.25, 0.3) is 0 Å². The minimum absolute atomic E-state index is 0.312. The van der Waals surface area contributed by atoms with Crippen molar-refractivity contribution >= 4 is 27.1 Å². The van der Waals surface area contributed by atoms with Crippen LogP contribution in [0.4, 0.5) is 18.6 Å². The van der Waals surface area contributed by atoms with Gasteiger partial charge in [-0.05, 0) is 0 Å². The molecular weight excluding hydrogens is 370 g/mol. The van der Waals surface area contributed by atoms with Gasteiger partial charge in [-0.2, -0.15) is 0 Å². The fourth-order valence-corrected chi connectivity index (χ4v) is 2.58. The van der Waals surface area contributed by atoms with E-state index in [0.717, 1.165) is 4.57 Å². The molecule has 0 radical (unpaired) electrons. The molecule has 0 saturated heterocycles. The van der Waals surface area contributed by atoms with Crippen LogP contribution in [0.5, 0.6) is 0 Å². The summed E-state index contributed by atoms with van der Waals surface area (Å²) in [4.78, 5) is 0. The summed E-state index contributed by atoms with van der Waals surface area (Å²) in [7, 11) is -1.62. The molecule has 0 N–H and O–H groups in total. The second-order valence-electron chi connectivity index (χ2n) is 4.11. The van der Waals surface area contributed by atoms with Crippen molar-refractivity contribution in [2.45, 2.75) is 13.1 Å². The summed E-state index contributed by atoms with van der Waals surface area (Å²) in [5, 5.41) is 0. The van der Waals surface area contributed by atoms with Crippen molar-refractivity contribution in [2.24, 2.45) is 0 Å². The summed E-state index contributed by atoms with van der Waals surface area (Å²) in [6.45, 7) is 1.26. The Labute approximate surface area is 93.8 Å². The topological polar surface area (TPSA) is 6.48 Å². The second-order valence-corrected chi connectivity index (χ2v) is 14.8. The van der Waals surface area contributed by atoms with Gasteiger partial charge < -0.3 is 0 Å². The summed E-state index contributed by atoms with van der Waals surface area (Å²) >= 11 is -10.4. The molecule has 0 rings (SSSR count). The van der Waals surface area contributed by atoms with Gasteiger partial charge in [0.05, 0.1) is 0 Å². The van der Waals surface area contributed by atoms with Crippen LogP contribution in [0.1, 0.15) is 0 Å². The van der Waals surface area contributed by atoms with Gasteiger partial charge in [-0.3, -0.25) is 0 Å². The number of rotatable bonds is 5. The summed E-state index contributed by atoms with van der Waals surface area (Å²) < 4.78 is 74.8. The predicted molar refractivity (Wildman–Crippen MR) is 55.1 cm³/mol. The Balaban J connectivity index is 4.48. The molecule has 16 heavy (non-hydrogen) atoms. The van der Waals surface area contributed by atoms with E-state index in [9.17, 15) is 18.6 Å². The molecule has 0 aliphatic rings. The zero-order valence-corrected chi connectivity index (χ0v) is 12.8. The van der Waals surface area contributed by atoms with Crippen molar-refractivity contribution in [3.05, 3.63) is 0 Å². The van der Waals surface area contributed by atoms with Crippen LogP contribution in [0, 0.1) is 0 Å². The van der Waals surface area contributed by atoms with E-state index < -0.39 is 36.8 Å². The maximum absolute atomic E-state index is 13.3. The number of likely N-dealkylation sites (N-methyl/N-ethyl adjacent to an activating group) is 2. The molecule has 10 heteroatoms. The molecule has 0 atom stereocenters.